The van der Waals surface area contributed by atoms with Gasteiger partial charge >= 0.3 is 0 Å². The van der Waals surface area contributed by atoms with Gasteiger partial charge in [0.05, 0.1) is 0 Å². The van der Waals surface area contributed by atoms with Crippen LogP contribution in [0.4, 0.5) is 0 Å². The van der Waals surface area contributed by atoms with Gasteiger partial charge < -0.3 is 9.97 Å². The summed E-state index contributed by atoms with van der Waals surface area (Å²) in [7, 11) is 0. The third-order valence-corrected chi connectivity index (χ3v) is 8.18. The van der Waals surface area contributed by atoms with Gasteiger partial charge in [-0.3, -0.25) is 0 Å². The minimum absolute atomic E-state index is 0. The fraction of sp³-hybridized carbons (Fsp3) is 0.209. The minimum Gasteiger partial charge on any atom is -0.304 e. The van der Waals surface area contributed by atoms with Crippen LogP contribution in [0.1, 0.15) is 60.1 Å². The van der Waals surface area contributed by atoms with Gasteiger partial charge in [-0.05, 0) is 71.3 Å². The first-order chi connectivity index (χ1) is 21.8. The predicted octanol–water partition coefficient (Wildman–Crippen LogP) is 11.0. The van der Waals surface area contributed by atoms with Gasteiger partial charge in [-0.15, -0.1) is 70.8 Å². The molecule has 0 aliphatic carbocycles. The second-order valence-corrected chi connectivity index (χ2v) is 12.3. The Morgan fingerprint density at radius 3 is 1.96 bits per heavy atom. The number of aryl methyl sites for hydroxylation is 3. The van der Waals surface area contributed by atoms with Gasteiger partial charge in [-0.2, -0.15) is 0 Å². The molecule has 1 atom stereocenters. The molecular weight excluding hydrogens is 737 g/mol. The Hall–Kier alpha value is -4.17. The Morgan fingerprint density at radius 2 is 1.30 bits per heavy atom. The summed E-state index contributed by atoms with van der Waals surface area (Å²) in [4.78, 5) is 9.24. The smallest absolute Gasteiger partial charge is 0.0196 e. The first kappa shape index (κ1) is 34.7. The summed E-state index contributed by atoms with van der Waals surface area (Å²) in [6.45, 7) is 13.1. The molecule has 2 aromatic heterocycles. The van der Waals surface area contributed by atoms with Crippen LogP contribution in [0, 0.1) is 38.8 Å². The number of hydrogen-bond acceptors (Lipinski definition) is 2. The summed E-state index contributed by atoms with van der Waals surface area (Å²) < 4.78 is 0. The molecule has 4 aromatic carbocycles. The molecule has 0 fully saturated rings. The van der Waals surface area contributed by atoms with E-state index in [-0.39, 0.29) is 20.1 Å². The number of rotatable bonds is 7. The summed E-state index contributed by atoms with van der Waals surface area (Å²) in [5.41, 5.74) is 14.2. The van der Waals surface area contributed by atoms with Crippen molar-refractivity contribution in [2.75, 3.05) is 0 Å². The Bertz CT molecular complexity index is 1830. The van der Waals surface area contributed by atoms with Gasteiger partial charge in [0.15, 0.2) is 0 Å². The van der Waals surface area contributed by atoms with Crippen molar-refractivity contribution in [1.82, 2.24) is 9.97 Å². The van der Waals surface area contributed by atoms with Crippen LogP contribution in [0.15, 0.2) is 122 Å². The summed E-state index contributed by atoms with van der Waals surface area (Å²) in [5.74, 6) is 1.00. The molecule has 0 aliphatic rings. The molecule has 0 amide bonds. The van der Waals surface area contributed by atoms with E-state index in [0.29, 0.717) is 11.8 Å². The predicted molar refractivity (Wildman–Crippen MR) is 189 cm³/mol. The summed E-state index contributed by atoms with van der Waals surface area (Å²) in [6, 6.07) is 44.6. The first-order valence-electron chi connectivity index (χ1n) is 15.8. The average Bonchev–Trinajstić information content (AvgIpc) is 3.07. The zero-order valence-corrected chi connectivity index (χ0v) is 30.0. The van der Waals surface area contributed by atoms with E-state index >= 15 is 0 Å². The maximum absolute atomic E-state index is 4.68. The molecule has 235 valence electrons. The van der Waals surface area contributed by atoms with E-state index in [4.69, 9.17) is 0 Å². The fourth-order valence-electron chi connectivity index (χ4n) is 5.48. The minimum atomic E-state index is 0. The molecule has 3 heteroatoms. The third kappa shape index (κ3) is 8.97. The number of benzene rings is 4. The molecule has 0 aliphatic heterocycles. The molecule has 0 saturated carbocycles. The average molecular weight is 779 g/mol. The number of pyridine rings is 2. The molecular formula is C43H42IrN2-2. The van der Waals surface area contributed by atoms with Crippen molar-refractivity contribution < 1.29 is 20.1 Å². The fourth-order valence-corrected chi connectivity index (χ4v) is 5.48. The van der Waals surface area contributed by atoms with E-state index in [1.807, 2.05) is 30.6 Å². The van der Waals surface area contributed by atoms with Crippen molar-refractivity contribution in [3.63, 3.8) is 0 Å². The van der Waals surface area contributed by atoms with E-state index in [1.54, 1.807) is 0 Å². The molecule has 46 heavy (non-hydrogen) atoms. The van der Waals surface area contributed by atoms with Gasteiger partial charge in [0.25, 0.3) is 0 Å². The standard InChI is InChI=1S/C26H22N.C17H20N.Ir/c1-19-18-27-26(17-25(19)22-12-7-4-8-13-22)24-15-9-14-23(16-24)20(2)21-10-5-3-6-11-21;1-12(2)9-16-11-18-17(10-14(16)4)15-7-5-13(3)6-8-15;/h3-14,16-18,20H,1-2H3;5-7,10-12H,9H2,1-4H3;/q2*-1;. The van der Waals surface area contributed by atoms with E-state index in [1.165, 1.54) is 44.5 Å². The van der Waals surface area contributed by atoms with Gasteiger partial charge in [-0.25, -0.2) is 0 Å². The molecule has 0 spiro atoms. The molecule has 2 nitrogen and oxygen atoms in total. The largest absolute Gasteiger partial charge is 0.304 e. The summed E-state index contributed by atoms with van der Waals surface area (Å²) in [5, 5.41) is 0. The third-order valence-electron chi connectivity index (χ3n) is 8.18. The van der Waals surface area contributed by atoms with Crippen LogP contribution in [0.2, 0.25) is 0 Å². The molecule has 0 bridgehead atoms. The van der Waals surface area contributed by atoms with Gasteiger partial charge in [0.2, 0.25) is 0 Å². The maximum Gasteiger partial charge on any atom is 0.0196 e. The van der Waals surface area contributed by atoms with Crippen LogP contribution in [0.3, 0.4) is 0 Å². The van der Waals surface area contributed by atoms with Crippen LogP contribution >= 0.6 is 0 Å². The van der Waals surface area contributed by atoms with E-state index in [9.17, 15) is 0 Å². The van der Waals surface area contributed by atoms with Crippen molar-refractivity contribution in [3.05, 3.63) is 167 Å². The van der Waals surface area contributed by atoms with Crippen molar-refractivity contribution >= 4 is 0 Å². The molecule has 0 saturated heterocycles. The Kier molecular flexibility index (Phi) is 12.4. The van der Waals surface area contributed by atoms with E-state index in [2.05, 4.69) is 155 Å². The summed E-state index contributed by atoms with van der Waals surface area (Å²) >= 11 is 0. The normalized spacial score (nSPS) is 11.3. The van der Waals surface area contributed by atoms with Gasteiger partial charge in [0, 0.05) is 32.5 Å². The van der Waals surface area contributed by atoms with Gasteiger partial charge in [0.1, 0.15) is 0 Å². The molecule has 1 radical (unpaired) electrons. The van der Waals surface area contributed by atoms with E-state index < -0.39 is 0 Å². The van der Waals surface area contributed by atoms with Gasteiger partial charge in [-0.1, -0.05) is 106 Å². The first-order valence-corrected chi connectivity index (χ1v) is 15.8. The molecule has 2 heterocycles. The molecule has 6 aromatic rings. The second kappa shape index (κ2) is 16.4. The number of hydrogen-bond donors (Lipinski definition) is 0. The van der Waals surface area contributed by atoms with Crippen LogP contribution in [-0.2, 0) is 26.5 Å². The Balaban J connectivity index is 0.000000221. The number of nitrogens with zero attached hydrogens (tertiary/aromatic N) is 2. The topological polar surface area (TPSA) is 25.8 Å². The Morgan fingerprint density at radius 1 is 0.630 bits per heavy atom. The number of aromatic nitrogens is 2. The van der Waals surface area contributed by atoms with Crippen LogP contribution in [0.25, 0.3) is 33.6 Å². The molecule has 6 rings (SSSR count). The van der Waals surface area contributed by atoms with Crippen molar-refractivity contribution in [1.29, 1.82) is 0 Å². The van der Waals surface area contributed by atoms with Crippen LogP contribution in [-0.4, -0.2) is 9.97 Å². The molecule has 0 N–H and O–H groups in total. The van der Waals surface area contributed by atoms with Crippen LogP contribution in [0.5, 0.6) is 0 Å². The van der Waals surface area contributed by atoms with Crippen molar-refractivity contribution in [2.24, 2.45) is 5.92 Å². The zero-order chi connectivity index (χ0) is 31.8. The maximum atomic E-state index is 4.68. The summed E-state index contributed by atoms with van der Waals surface area (Å²) in [6.07, 6.45) is 5.06. The Labute approximate surface area is 289 Å². The van der Waals surface area contributed by atoms with Crippen LogP contribution < -0.4 is 0 Å². The second-order valence-electron chi connectivity index (χ2n) is 12.3. The molecule has 1 unspecified atom stereocenters. The monoisotopic (exact) mass is 779 g/mol. The van der Waals surface area contributed by atoms with Crippen molar-refractivity contribution in [2.45, 2.75) is 53.9 Å². The van der Waals surface area contributed by atoms with Crippen molar-refractivity contribution in [3.8, 4) is 33.6 Å². The quantitative estimate of drug-likeness (QED) is 0.151. The van der Waals surface area contributed by atoms with E-state index in [0.717, 1.165) is 28.9 Å². The zero-order valence-electron chi connectivity index (χ0n) is 27.6. The SMILES string of the molecule is Cc1c[c-]c(-c2cc(C)c(CC(C)C)cn2)cc1.Cc1cnc(-c2[c-]ccc(C(C)c3ccccc3)c2)cc1-c1ccccc1.[Ir].